The summed E-state index contributed by atoms with van der Waals surface area (Å²) in [6.07, 6.45) is 2.58. The highest BCUT2D eigenvalue weighted by molar-refractivity contribution is 7.98. The van der Waals surface area contributed by atoms with E-state index in [2.05, 4.69) is 25.9 Å². The summed E-state index contributed by atoms with van der Waals surface area (Å²) in [5, 5.41) is 17.2. The molecule has 0 unspecified atom stereocenters. The van der Waals surface area contributed by atoms with Crippen LogP contribution in [0.3, 0.4) is 0 Å². The van der Waals surface area contributed by atoms with Gasteiger partial charge in [0.05, 0.1) is 6.04 Å². The maximum absolute atomic E-state index is 12.5. The fourth-order valence-corrected chi connectivity index (χ4v) is 2.75. The predicted molar refractivity (Wildman–Crippen MR) is 89.9 cm³/mol. The molecule has 2 heterocycles. The summed E-state index contributed by atoms with van der Waals surface area (Å²) < 4.78 is 5.20. The van der Waals surface area contributed by atoms with Crippen molar-refractivity contribution in [1.29, 1.82) is 0 Å². The maximum Gasteiger partial charge on any atom is 0.349 e. The molecule has 1 aromatic carbocycles. The lowest BCUT2D eigenvalue weighted by atomic mass is 10.1. The van der Waals surface area contributed by atoms with E-state index in [0.29, 0.717) is 23.2 Å². The number of hydrogen-bond donors (Lipinski definition) is 2. The molecule has 0 radical (unpaired) electrons. The lowest BCUT2D eigenvalue weighted by molar-refractivity contribution is 0.0930. The number of carbonyl (C=O) groups is 1. The molecule has 3 aromatic rings. The maximum atomic E-state index is 12.5. The summed E-state index contributed by atoms with van der Waals surface area (Å²) in [4.78, 5) is 24.6. The van der Waals surface area contributed by atoms with Crippen LogP contribution in [-0.2, 0) is 0 Å². The molecule has 0 spiro atoms. The summed E-state index contributed by atoms with van der Waals surface area (Å²) in [6, 6.07) is 8.12. The zero-order valence-corrected chi connectivity index (χ0v) is 13.7. The first-order valence-corrected chi connectivity index (χ1v) is 8.64. The highest BCUT2D eigenvalue weighted by Crippen LogP contribution is 2.16. The molecule has 124 valence electrons. The largest absolute Gasteiger partial charge is 0.422 e. The average Bonchev–Trinajstić information content (AvgIpc) is 3.12. The smallest absolute Gasteiger partial charge is 0.349 e. The fourth-order valence-electron chi connectivity index (χ4n) is 2.27. The number of nitrogens with zero attached hydrogens (tertiary/aromatic N) is 3. The first kappa shape index (κ1) is 16.2. The summed E-state index contributed by atoms with van der Waals surface area (Å²) in [5.74, 6) is 0.652. The average molecular weight is 345 g/mol. The number of carbonyl (C=O) groups excluding carboxylic acids is 1. The number of tetrazole rings is 1. The van der Waals surface area contributed by atoms with Crippen LogP contribution in [0.25, 0.3) is 11.0 Å². The van der Waals surface area contributed by atoms with Crippen molar-refractivity contribution in [2.45, 2.75) is 12.5 Å². The molecule has 24 heavy (non-hydrogen) atoms. The molecule has 0 fully saturated rings. The molecule has 0 aliphatic heterocycles. The van der Waals surface area contributed by atoms with Crippen LogP contribution >= 0.6 is 11.8 Å². The minimum Gasteiger partial charge on any atom is -0.422 e. The SMILES string of the molecule is CSCC[C@H](NC(=O)c1cc2ccccc2oc1=O)c1nn[nH]n1. The molecular formula is C15H15N5O3S. The number of hydrogen-bond acceptors (Lipinski definition) is 7. The summed E-state index contributed by atoms with van der Waals surface area (Å²) in [6.45, 7) is 0. The highest BCUT2D eigenvalue weighted by Gasteiger charge is 2.21. The van der Waals surface area contributed by atoms with Crippen LogP contribution in [-0.4, -0.2) is 38.5 Å². The Hall–Kier alpha value is -2.68. The Morgan fingerprint density at radius 3 is 3.00 bits per heavy atom. The van der Waals surface area contributed by atoms with Crippen molar-refractivity contribution in [1.82, 2.24) is 25.9 Å². The third kappa shape index (κ3) is 3.46. The molecule has 9 heteroatoms. The van der Waals surface area contributed by atoms with E-state index in [9.17, 15) is 9.59 Å². The van der Waals surface area contributed by atoms with E-state index >= 15 is 0 Å². The van der Waals surface area contributed by atoms with Crippen LogP contribution in [0.1, 0.15) is 28.6 Å². The van der Waals surface area contributed by atoms with Gasteiger partial charge in [-0.15, -0.1) is 10.2 Å². The lowest BCUT2D eigenvalue weighted by Gasteiger charge is -2.14. The monoisotopic (exact) mass is 345 g/mol. The van der Waals surface area contributed by atoms with Gasteiger partial charge in [-0.3, -0.25) is 4.79 Å². The molecule has 2 N–H and O–H groups in total. The van der Waals surface area contributed by atoms with Gasteiger partial charge in [0.1, 0.15) is 11.1 Å². The van der Waals surface area contributed by atoms with Crippen molar-refractivity contribution in [2.24, 2.45) is 0 Å². The molecule has 1 atom stereocenters. The van der Waals surface area contributed by atoms with Gasteiger partial charge in [0.25, 0.3) is 5.91 Å². The van der Waals surface area contributed by atoms with E-state index in [1.54, 1.807) is 30.0 Å². The Labute approximate surface area is 141 Å². The zero-order valence-electron chi connectivity index (χ0n) is 12.9. The van der Waals surface area contributed by atoms with Crippen molar-refractivity contribution in [3.8, 4) is 0 Å². The summed E-state index contributed by atoms with van der Waals surface area (Å²) in [5.41, 5.74) is -0.287. The van der Waals surface area contributed by atoms with Gasteiger partial charge in [0.2, 0.25) is 0 Å². The Morgan fingerprint density at radius 2 is 2.25 bits per heavy atom. The van der Waals surface area contributed by atoms with Crippen LogP contribution in [0.4, 0.5) is 0 Å². The van der Waals surface area contributed by atoms with Crippen LogP contribution in [0.5, 0.6) is 0 Å². The first-order chi connectivity index (χ1) is 11.7. The Bertz CT molecular complexity index is 894. The third-order valence-corrected chi connectivity index (χ3v) is 4.12. The molecule has 0 saturated carbocycles. The number of H-pyrrole nitrogens is 1. The molecule has 8 nitrogen and oxygen atoms in total. The molecule has 2 aromatic heterocycles. The standard InChI is InChI=1S/C15H15N5O3S/c1-24-7-6-11(13-17-19-20-18-13)16-14(21)10-8-9-4-2-3-5-12(9)23-15(10)22/h2-5,8,11H,6-7H2,1H3,(H,16,21)(H,17,18,19,20)/t11-/m0/s1. The van der Waals surface area contributed by atoms with Crippen LogP contribution in [0.15, 0.2) is 39.5 Å². The van der Waals surface area contributed by atoms with Gasteiger partial charge in [0.15, 0.2) is 5.82 Å². The third-order valence-electron chi connectivity index (χ3n) is 3.48. The van der Waals surface area contributed by atoms with E-state index in [1.165, 1.54) is 6.07 Å². The number of aromatic nitrogens is 4. The number of aromatic amines is 1. The van der Waals surface area contributed by atoms with Crippen molar-refractivity contribution in [2.75, 3.05) is 12.0 Å². The van der Waals surface area contributed by atoms with E-state index in [4.69, 9.17) is 4.42 Å². The van der Waals surface area contributed by atoms with Crippen molar-refractivity contribution >= 4 is 28.6 Å². The first-order valence-electron chi connectivity index (χ1n) is 7.25. The second-order valence-corrected chi connectivity index (χ2v) is 6.05. The van der Waals surface area contributed by atoms with E-state index in [0.717, 1.165) is 5.75 Å². The fraction of sp³-hybridized carbons (Fsp3) is 0.267. The van der Waals surface area contributed by atoms with Crippen LogP contribution in [0.2, 0.25) is 0 Å². The highest BCUT2D eigenvalue weighted by atomic mass is 32.2. The zero-order chi connectivity index (χ0) is 16.9. The molecule has 0 aliphatic rings. The predicted octanol–water partition coefficient (Wildman–Crippen LogP) is 1.53. The van der Waals surface area contributed by atoms with Gasteiger partial charge in [-0.1, -0.05) is 23.4 Å². The van der Waals surface area contributed by atoms with Gasteiger partial charge < -0.3 is 9.73 Å². The van der Waals surface area contributed by atoms with E-state index < -0.39 is 17.6 Å². The number of fused-ring (bicyclic) bond motifs is 1. The Balaban J connectivity index is 1.87. The van der Waals surface area contributed by atoms with Gasteiger partial charge in [-0.2, -0.15) is 17.0 Å². The quantitative estimate of drug-likeness (QED) is 0.651. The summed E-state index contributed by atoms with van der Waals surface area (Å²) >= 11 is 1.64. The number of rotatable bonds is 6. The van der Waals surface area contributed by atoms with Crippen molar-refractivity contribution < 1.29 is 9.21 Å². The van der Waals surface area contributed by atoms with Gasteiger partial charge in [-0.25, -0.2) is 4.79 Å². The van der Waals surface area contributed by atoms with Crippen LogP contribution in [0, 0.1) is 0 Å². The number of thioether (sulfide) groups is 1. The van der Waals surface area contributed by atoms with Gasteiger partial charge in [-0.05, 0) is 30.6 Å². The van der Waals surface area contributed by atoms with Gasteiger partial charge in [0, 0.05) is 5.39 Å². The number of benzene rings is 1. The Morgan fingerprint density at radius 1 is 1.42 bits per heavy atom. The minimum atomic E-state index is -0.678. The number of para-hydroxylation sites is 1. The molecule has 0 aliphatic carbocycles. The molecule has 0 saturated heterocycles. The van der Waals surface area contributed by atoms with Crippen LogP contribution < -0.4 is 10.9 Å². The molecule has 3 rings (SSSR count). The molecule has 0 bridgehead atoms. The summed E-state index contributed by atoms with van der Waals surface area (Å²) in [7, 11) is 0. The second kappa shape index (κ2) is 7.26. The minimum absolute atomic E-state index is 0.0497. The Kier molecular flexibility index (Phi) is 4.90. The van der Waals surface area contributed by atoms with Gasteiger partial charge >= 0.3 is 5.63 Å². The lowest BCUT2D eigenvalue weighted by Crippen LogP contribution is -2.33. The number of amides is 1. The molecule has 1 amide bonds. The normalized spacial score (nSPS) is 12.2. The van der Waals surface area contributed by atoms with Crippen molar-refractivity contribution in [3.05, 3.63) is 52.1 Å². The molecular weight excluding hydrogens is 330 g/mol. The topological polar surface area (TPSA) is 114 Å². The number of nitrogens with one attached hydrogen (secondary N) is 2. The second-order valence-electron chi connectivity index (χ2n) is 5.06. The van der Waals surface area contributed by atoms with E-state index in [-0.39, 0.29) is 5.56 Å². The van der Waals surface area contributed by atoms with Crippen molar-refractivity contribution in [3.63, 3.8) is 0 Å². The van der Waals surface area contributed by atoms with E-state index in [1.807, 2.05) is 12.3 Å².